The van der Waals surface area contributed by atoms with Crippen molar-refractivity contribution in [3.63, 3.8) is 0 Å². The van der Waals surface area contributed by atoms with Gasteiger partial charge in [0.1, 0.15) is 0 Å². The molecule has 3 N–H and O–H groups in total. The highest BCUT2D eigenvalue weighted by Gasteiger charge is 2.28. The molecule has 0 aromatic carbocycles. The molecule has 0 unspecified atom stereocenters. The highest BCUT2D eigenvalue weighted by atomic mass is 32.2. The van der Waals surface area contributed by atoms with Crippen molar-refractivity contribution in [3.8, 4) is 0 Å². The molecule has 1 heterocycles. The maximum Gasteiger partial charge on any atom is 0.279 e. The van der Waals surface area contributed by atoms with Gasteiger partial charge < -0.3 is 10.5 Å². The average Bonchev–Trinajstić information content (AvgIpc) is 2.27. The molecule has 0 radical (unpaired) electrons. The quantitative estimate of drug-likeness (QED) is 0.713. The van der Waals surface area contributed by atoms with Gasteiger partial charge in [-0.2, -0.15) is 17.4 Å². The Balaban J connectivity index is 2.51. The van der Waals surface area contributed by atoms with Crippen LogP contribution < -0.4 is 10.5 Å². The molecular formula is C10H23N3O3S. The Hall–Kier alpha value is -0.210. The van der Waals surface area contributed by atoms with Gasteiger partial charge in [-0.1, -0.05) is 0 Å². The number of nitrogens with one attached hydrogen (secondary N) is 1. The van der Waals surface area contributed by atoms with Crippen LogP contribution in [0.3, 0.4) is 0 Å². The molecule has 1 fully saturated rings. The standard InChI is InChI=1S/C10H23N3O3S/c1-10(2,16-3)8-12-17(14,15)13-6-4-9(11)5-7-13/h9,12H,4-8,11H2,1-3H3. The lowest BCUT2D eigenvalue weighted by Crippen LogP contribution is -2.50. The molecule has 6 nitrogen and oxygen atoms in total. The fourth-order valence-electron chi connectivity index (χ4n) is 1.54. The summed E-state index contributed by atoms with van der Waals surface area (Å²) in [7, 11) is -1.84. The van der Waals surface area contributed by atoms with Crippen molar-refractivity contribution < 1.29 is 13.2 Å². The molecule has 17 heavy (non-hydrogen) atoms. The van der Waals surface area contributed by atoms with E-state index in [1.807, 2.05) is 13.8 Å². The van der Waals surface area contributed by atoms with Crippen molar-refractivity contribution in [2.75, 3.05) is 26.7 Å². The number of piperidine rings is 1. The second-order valence-corrected chi connectivity index (χ2v) is 6.78. The first-order valence-electron chi connectivity index (χ1n) is 5.82. The van der Waals surface area contributed by atoms with Crippen LogP contribution in [0.25, 0.3) is 0 Å². The smallest absolute Gasteiger partial charge is 0.279 e. The van der Waals surface area contributed by atoms with Crippen LogP contribution >= 0.6 is 0 Å². The summed E-state index contributed by atoms with van der Waals surface area (Å²) < 4.78 is 33.1. The molecule has 0 aromatic rings. The second-order valence-electron chi connectivity index (χ2n) is 5.03. The molecule has 0 bridgehead atoms. The van der Waals surface area contributed by atoms with E-state index < -0.39 is 15.8 Å². The lowest BCUT2D eigenvalue weighted by atomic mass is 10.1. The van der Waals surface area contributed by atoms with E-state index in [1.54, 1.807) is 7.11 Å². The first kappa shape index (κ1) is 14.8. The fraction of sp³-hybridized carbons (Fsp3) is 1.00. The Morgan fingerprint density at radius 2 is 1.94 bits per heavy atom. The van der Waals surface area contributed by atoms with Gasteiger partial charge in [0.2, 0.25) is 0 Å². The predicted octanol–water partition coefficient (Wildman–Crippen LogP) is -0.331. The Morgan fingerprint density at radius 1 is 1.41 bits per heavy atom. The van der Waals surface area contributed by atoms with Gasteiger partial charge in [-0.15, -0.1) is 0 Å². The monoisotopic (exact) mass is 265 g/mol. The van der Waals surface area contributed by atoms with E-state index in [4.69, 9.17) is 10.5 Å². The summed E-state index contributed by atoms with van der Waals surface area (Å²) in [6.07, 6.45) is 1.43. The summed E-state index contributed by atoms with van der Waals surface area (Å²) in [4.78, 5) is 0. The van der Waals surface area contributed by atoms with Crippen molar-refractivity contribution in [1.82, 2.24) is 9.03 Å². The minimum atomic E-state index is -3.40. The highest BCUT2D eigenvalue weighted by Crippen LogP contribution is 2.12. The van der Waals surface area contributed by atoms with Crippen molar-refractivity contribution in [2.45, 2.75) is 38.3 Å². The summed E-state index contributed by atoms with van der Waals surface area (Å²) in [6.45, 7) is 4.91. The molecule has 0 atom stereocenters. The average molecular weight is 265 g/mol. The van der Waals surface area contributed by atoms with Gasteiger partial charge in [0, 0.05) is 32.8 Å². The molecule has 1 saturated heterocycles. The zero-order valence-corrected chi connectivity index (χ0v) is 11.6. The SMILES string of the molecule is COC(C)(C)CNS(=O)(=O)N1CCC(N)CC1. The topological polar surface area (TPSA) is 84.7 Å². The van der Waals surface area contributed by atoms with Crippen molar-refractivity contribution in [1.29, 1.82) is 0 Å². The van der Waals surface area contributed by atoms with Crippen LogP contribution in [0.2, 0.25) is 0 Å². The van der Waals surface area contributed by atoms with Gasteiger partial charge >= 0.3 is 0 Å². The molecule has 1 aliphatic heterocycles. The summed E-state index contributed by atoms with van der Waals surface area (Å²) in [5.74, 6) is 0. The summed E-state index contributed by atoms with van der Waals surface area (Å²) in [5.41, 5.74) is 5.24. The molecule has 0 amide bonds. The molecule has 0 aromatic heterocycles. The van der Waals surface area contributed by atoms with Crippen LogP contribution in [0.5, 0.6) is 0 Å². The Labute approximate surface area is 104 Å². The number of nitrogens with two attached hydrogens (primary N) is 1. The number of methoxy groups -OCH3 is 1. The Kier molecular flexibility index (Phi) is 4.91. The Bertz CT molecular complexity index is 335. The van der Waals surface area contributed by atoms with E-state index in [2.05, 4.69) is 4.72 Å². The molecular weight excluding hydrogens is 242 g/mol. The van der Waals surface area contributed by atoms with Gasteiger partial charge in [0.15, 0.2) is 0 Å². The van der Waals surface area contributed by atoms with E-state index in [9.17, 15) is 8.42 Å². The lowest BCUT2D eigenvalue weighted by molar-refractivity contribution is 0.0272. The van der Waals surface area contributed by atoms with Crippen molar-refractivity contribution >= 4 is 10.2 Å². The molecule has 1 rings (SSSR count). The third kappa shape index (κ3) is 4.51. The zero-order valence-electron chi connectivity index (χ0n) is 10.8. The van der Waals surface area contributed by atoms with Crippen LogP contribution in [-0.4, -0.2) is 51.1 Å². The minimum absolute atomic E-state index is 0.122. The largest absolute Gasteiger partial charge is 0.377 e. The third-order valence-electron chi connectivity index (χ3n) is 3.07. The molecule has 102 valence electrons. The summed E-state index contributed by atoms with van der Waals surface area (Å²) >= 11 is 0. The normalized spacial score (nSPS) is 20.7. The number of nitrogens with zero attached hydrogens (tertiary/aromatic N) is 1. The number of hydrogen-bond acceptors (Lipinski definition) is 4. The predicted molar refractivity (Wildman–Crippen MR) is 66.8 cm³/mol. The van der Waals surface area contributed by atoms with E-state index >= 15 is 0 Å². The number of ether oxygens (including phenoxy) is 1. The molecule has 1 aliphatic rings. The fourth-order valence-corrected chi connectivity index (χ4v) is 2.95. The summed E-state index contributed by atoms with van der Waals surface area (Å²) in [6, 6.07) is 0.122. The molecule has 0 saturated carbocycles. The van der Waals surface area contributed by atoms with Gasteiger partial charge in [-0.3, -0.25) is 0 Å². The van der Waals surface area contributed by atoms with Crippen molar-refractivity contribution in [3.05, 3.63) is 0 Å². The maximum absolute atomic E-state index is 12.0. The first-order chi connectivity index (χ1) is 7.77. The van der Waals surface area contributed by atoms with Crippen LogP contribution in [0.1, 0.15) is 26.7 Å². The van der Waals surface area contributed by atoms with Crippen LogP contribution in [-0.2, 0) is 14.9 Å². The van der Waals surface area contributed by atoms with Gasteiger partial charge in [-0.05, 0) is 26.7 Å². The van der Waals surface area contributed by atoms with Gasteiger partial charge in [0.25, 0.3) is 10.2 Å². The van der Waals surface area contributed by atoms with E-state index in [0.29, 0.717) is 25.9 Å². The number of rotatable bonds is 5. The van der Waals surface area contributed by atoms with Gasteiger partial charge in [-0.25, -0.2) is 0 Å². The summed E-state index contributed by atoms with van der Waals surface area (Å²) in [5, 5.41) is 0. The zero-order chi connectivity index (χ0) is 13.1. The number of hydrogen-bond donors (Lipinski definition) is 2. The highest BCUT2D eigenvalue weighted by molar-refractivity contribution is 7.87. The van der Waals surface area contributed by atoms with E-state index in [1.165, 1.54) is 4.31 Å². The van der Waals surface area contributed by atoms with E-state index in [0.717, 1.165) is 0 Å². The molecule has 0 aliphatic carbocycles. The van der Waals surface area contributed by atoms with Crippen LogP contribution in [0, 0.1) is 0 Å². The van der Waals surface area contributed by atoms with Crippen molar-refractivity contribution in [2.24, 2.45) is 5.73 Å². The lowest BCUT2D eigenvalue weighted by Gasteiger charge is -2.31. The van der Waals surface area contributed by atoms with Crippen LogP contribution in [0.15, 0.2) is 0 Å². The first-order valence-corrected chi connectivity index (χ1v) is 7.26. The van der Waals surface area contributed by atoms with Crippen LogP contribution in [0.4, 0.5) is 0 Å². The second kappa shape index (κ2) is 5.62. The maximum atomic E-state index is 12.0. The Morgan fingerprint density at radius 3 is 2.41 bits per heavy atom. The van der Waals surface area contributed by atoms with E-state index in [-0.39, 0.29) is 12.6 Å². The molecule has 0 spiro atoms. The third-order valence-corrected chi connectivity index (χ3v) is 4.63. The molecule has 7 heteroatoms. The van der Waals surface area contributed by atoms with Gasteiger partial charge in [0.05, 0.1) is 5.60 Å². The minimum Gasteiger partial charge on any atom is -0.377 e.